The molecule has 1 heterocycles. The van der Waals surface area contributed by atoms with E-state index in [2.05, 4.69) is 4.99 Å². The second-order valence-corrected chi connectivity index (χ2v) is 6.81. The van der Waals surface area contributed by atoms with Crippen molar-refractivity contribution in [2.24, 2.45) is 4.99 Å². The van der Waals surface area contributed by atoms with E-state index in [9.17, 15) is 4.79 Å². The van der Waals surface area contributed by atoms with Crippen molar-refractivity contribution < 1.29 is 19.0 Å². The van der Waals surface area contributed by atoms with Crippen LogP contribution in [0.3, 0.4) is 0 Å². The van der Waals surface area contributed by atoms with Gasteiger partial charge in [-0.2, -0.15) is 0 Å². The summed E-state index contributed by atoms with van der Waals surface area (Å²) in [5, 5.41) is 0.393. The van der Waals surface area contributed by atoms with E-state index in [1.165, 1.54) is 7.11 Å². The molecule has 0 spiro atoms. The molecule has 0 saturated heterocycles. The van der Waals surface area contributed by atoms with Gasteiger partial charge in [0.15, 0.2) is 17.2 Å². The van der Waals surface area contributed by atoms with E-state index < -0.39 is 5.97 Å². The standard InChI is InChI=1S/C21H20ClNO4/c1-12(2)26-19-16(22)9-14(11-18(19)25-4)10-17-21(24)27-20(23-17)15-7-5-13(3)6-8-15/h5-12H,1-4H3/b17-10-. The molecule has 0 N–H and O–H groups in total. The summed E-state index contributed by atoms with van der Waals surface area (Å²) in [5.74, 6) is 0.721. The molecule has 2 aromatic rings. The van der Waals surface area contributed by atoms with Gasteiger partial charge in [-0.1, -0.05) is 29.3 Å². The van der Waals surface area contributed by atoms with E-state index in [0.717, 1.165) is 11.1 Å². The number of carbonyl (C=O) groups excluding carboxylic acids is 1. The first-order valence-electron chi connectivity index (χ1n) is 8.51. The van der Waals surface area contributed by atoms with Crippen LogP contribution in [0.25, 0.3) is 6.08 Å². The predicted octanol–water partition coefficient (Wildman–Crippen LogP) is 4.79. The molecule has 0 unspecified atom stereocenters. The number of aryl methyl sites for hydroxylation is 1. The van der Waals surface area contributed by atoms with Gasteiger partial charge >= 0.3 is 5.97 Å². The summed E-state index contributed by atoms with van der Waals surface area (Å²) in [5.41, 5.74) is 2.72. The average molecular weight is 386 g/mol. The van der Waals surface area contributed by atoms with Gasteiger partial charge in [-0.3, -0.25) is 0 Å². The Hall–Kier alpha value is -2.79. The number of hydrogen-bond acceptors (Lipinski definition) is 5. The minimum absolute atomic E-state index is 0.0490. The highest BCUT2D eigenvalue weighted by molar-refractivity contribution is 6.32. The van der Waals surface area contributed by atoms with Gasteiger partial charge in [-0.05, 0) is 56.7 Å². The quantitative estimate of drug-likeness (QED) is 0.548. The molecule has 0 saturated carbocycles. The topological polar surface area (TPSA) is 57.1 Å². The molecule has 0 atom stereocenters. The minimum atomic E-state index is -0.511. The molecule has 0 radical (unpaired) electrons. The maximum Gasteiger partial charge on any atom is 0.363 e. The number of aliphatic imine (C=N–C) groups is 1. The molecule has 27 heavy (non-hydrogen) atoms. The Morgan fingerprint density at radius 1 is 1.19 bits per heavy atom. The average Bonchev–Trinajstić information content (AvgIpc) is 2.98. The van der Waals surface area contributed by atoms with Crippen LogP contribution in [0, 0.1) is 6.92 Å². The summed E-state index contributed by atoms with van der Waals surface area (Å²) in [7, 11) is 1.53. The van der Waals surface area contributed by atoms with Crippen LogP contribution in [-0.2, 0) is 9.53 Å². The molecule has 0 aliphatic carbocycles. The number of rotatable bonds is 5. The largest absolute Gasteiger partial charge is 0.493 e. The first-order valence-corrected chi connectivity index (χ1v) is 8.89. The number of esters is 1. The Balaban J connectivity index is 1.95. The van der Waals surface area contributed by atoms with Crippen molar-refractivity contribution in [1.82, 2.24) is 0 Å². The van der Waals surface area contributed by atoms with Gasteiger partial charge in [-0.15, -0.1) is 0 Å². The van der Waals surface area contributed by atoms with E-state index in [-0.39, 0.29) is 17.7 Å². The number of hydrogen-bond donors (Lipinski definition) is 0. The normalized spacial score (nSPS) is 15.1. The van der Waals surface area contributed by atoms with Crippen LogP contribution >= 0.6 is 11.6 Å². The van der Waals surface area contributed by atoms with Crippen molar-refractivity contribution in [1.29, 1.82) is 0 Å². The van der Waals surface area contributed by atoms with Gasteiger partial charge in [0.05, 0.1) is 18.2 Å². The third-order valence-electron chi connectivity index (χ3n) is 3.83. The summed E-state index contributed by atoms with van der Waals surface area (Å²) in [6, 6.07) is 11.0. The molecule has 5 nitrogen and oxygen atoms in total. The van der Waals surface area contributed by atoms with Crippen LogP contribution in [0.1, 0.15) is 30.5 Å². The second kappa shape index (κ2) is 7.84. The third kappa shape index (κ3) is 4.31. The molecule has 140 valence electrons. The molecule has 0 fully saturated rings. The molecule has 6 heteroatoms. The van der Waals surface area contributed by atoms with E-state index in [1.807, 2.05) is 45.0 Å². The lowest BCUT2D eigenvalue weighted by molar-refractivity contribution is -0.129. The highest BCUT2D eigenvalue weighted by Gasteiger charge is 2.24. The lowest BCUT2D eigenvalue weighted by Gasteiger charge is -2.15. The fourth-order valence-corrected chi connectivity index (χ4v) is 2.82. The van der Waals surface area contributed by atoms with Gasteiger partial charge < -0.3 is 14.2 Å². The highest BCUT2D eigenvalue weighted by Crippen LogP contribution is 2.38. The van der Waals surface area contributed by atoms with Gasteiger partial charge in [0.1, 0.15) is 0 Å². The van der Waals surface area contributed by atoms with Crippen molar-refractivity contribution in [3.63, 3.8) is 0 Å². The SMILES string of the molecule is COc1cc(/C=C2\N=C(c3ccc(C)cc3)OC2=O)cc(Cl)c1OC(C)C. The maximum absolute atomic E-state index is 12.2. The number of halogens is 1. The number of methoxy groups -OCH3 is 1. The molecule has 0 bridgehead atoms. The van der Waals surface area contributed by atoms with Crippen molar-refractivity contribution >= 4 is 29.5 Å². The lowest BCUT2D eigenvalue weighted by Crippen LogP contribution is -2.07. The number of nitrogens with zero attached hydrogens (tertiary/aromatic N) is 1. The lowest BCUT2D eigenvalue weighted by atomic mass is 10.1. The highest BCUT2D eigenvalue weighted by atomic mass is 35.5. The summed E-state index contributed by atoms with van der Waals surface area (Å²) in [6.45, 7) is 5.80. The minimum Gasteiger partial charge on any atom is -0.493 e. The van der Waals surface area contributed by atoms with Gasteiger partial charge in [0.2, 0.25) is 5.90 Å². The van der Waals surface area contributed by atoms with Crippen LogP contribution in [-0.4, -0.2) is 25.1 Å². The van der Waals surface area contributed by atoms with Gasteiger partial charge in [0.25, 0.3) is 0 Å². The Labute approximate surface area is 163 Å². The Morgan fingerprint density at radius 2 is 1.89 bits per heavy atom. The zero-order valence-electron chi connectivity index (χ0n) is 15.6. The van der Waals surface area contributed by atoms with Crippen LogP contribution < -0.4 is 9.47 Å². The van der Waals surface area contributed by atoms with E-state index in [0.29, 0.717) is 22.1 Å². The van der Waals surface area contributed by atoms with Crippen molar-refractivity contribution in [3.05, 3.63) is 63.8 Å². The van der Waals surface area contributed by atoms with Crippen LogP contribution in [0.2, 0.25) is 5.02 Å². The monoisotopic (exact) mass is 385 g/mol. The van der Waals surface area contributed by atoms with Crippen molar-refractivity contribution in [2.45, 2.75) is 26.9 Å². The Bertz CT molecular complexity index is 930. The van der Waals surface area contributed by atoms with Crippen molar-refractivity contribution in [2.75, 3.05) is 7.11 Å². The van der Waals surface area contributed by atoms with E-state index in [4.69, 9.17) is 25.8 Å². The van der Waals surface area contributed by atoms with Crippen molar-refractivity contribution in [3.8, 4) is 11.5 Å². The fourth-order valence-electron chi connectivity index (χ4n) is 2.56. The maximum atomic E-state index is 12.2. The Kier molecular flexibility index (Phi) is 5.51. The number of carbonyl (C=O) groups is 1. The zero-order valence-corrected chi connectivity index (χ0v) is 16.3. The smallest absolute Gasteiger partial charge is 0.363 e. The van der Waals surface area contributed by atoms with Gasteiger partial charge in [0, 0.05) is 5.56 Å². The Morgan fingerprint density at radius 3 is 2.52 bits per heavy atom. The summed E-state index contributed by atoms with van der Waals surface area (Å²) < 4.78 is 16.4. The summed E-state index contributed by atoms with van der Waals surface area (Å²) >= 11 is 6.33. The second-order valence-electron chi connectivity index (χ2n) is 6.40. The van der Waals surface area contributed by atoms with Gasteiger partial charge in [-0.25, -0.2) is 9.79 Å². The van der Waals surface area contributed by atoms with E-state index in [1.54, 1.807) is 18.2 Å². The fraction of sp³-hybridized carbons (Fsp3) is 0.238. The van der Waals surface area contributed by atoms with Crippen LogP contribution in [0.15, 0.2) is 47.1 Å². The number of ether oxygens (including phenoxy) is 3. The first-order chi connectivity index (χ1) is 12.9. The summed E-state index contributed by atoms with van der Waals surface area (Å²) in [4.78, 5) is 16.5. The first kappa shape index (κ1) is 19.0. The molecule has 2 aromatic carbocycles. The van der Waals surface area contributed by atoms with Crippen LogP contribution in [0.4, 0.5) is 0 Å². The molecular weight excluding hydrogens is 366 g/mol. The van der Waals surface area contributed by atoms with E-state index >= 15 is 0 Å². The van der Waals surface area contributed by atoms with Crippen LogP contribution in [0.5, 0.6) is 11.5 Å². The number of cyclic esters (lactones) is 1. The third-order valence-corrected chi connectivity index (χ3v) is 4.11. The molecule has 3 rings (SSSR count). The molecule has 0 aromatic heterocycles. The zero-order chi connectivity index (χ0) is 19.6. The molecule has 1 aliphatic rings. The molecule has 0 amide bonds. The predicted molar refractivity (Wildman–Crippen MR) is 106 cm³/mol. The molecule has 1 aliphatic heterocycles. The number of benzene rings is 2. The molecular formula is C21H20ClNO4. The summed E-state index contributed by atoms with van der Waals surface area (Å²) in [6.07, 6.45) is 1.56.